The van der Waals surface area contributed by atoms with Gasteiger partial charge in [-0.15, -0.1) is 56.7 Å². The fraction of sp³-hybridized carbons (Fsp3) is 0.250. The van der Waals surface area contributed by atoms with Crippen molar-refractivity contribution in [3.05, 3.63) is 111 Å². The quantitative estimate of drug-likeness (QED) is 0.0281. The molecule has 494 valence electrons. The van der Waals surface area contributed by atoms with Gasteiger partial charge >= 0.3 is 41.2 Å². The van der Waals surface area contributed by atoms with Crippen molar-refractivity contribution in [2.24, 2.45) is 0 Å². The van der Waals surface area contributed by atoms with Gasteiger partial charge in [-0.05, 0) is 42.5 Å². The fourth-order valence-electron chi connectivity index (χ4n) is 8.77. The van der Waals surface area contributed by atoms with Gasteiger partial charge < -0.3 is 82.5 Å². The van der Waals surface area contributed by atoms with Crippen LogP contribution >= 0.6 is 56.7 Å². The Morgan fingerprint density at radius 2 is 0.581 bits per heavy atom. The summed E-state index contributed by atoms with van der Waals surface area (Å²) in [5, 5.41) is 25.6. The first kappa shape index (κ1) is 71.7. The number of anilines is 2. The van der Waals surface area contributed by atoms with E-state index in [0.29, 0.717) is 96.2 Å². The molecule has 93 heavy (non-hydrogen) atoms. The number of hydrogen-bond acceptors (Lipinski definition) is 31. The number of rotatable bonds is 17. The number of carbonyl (C=O) groups is 5. The number of hydrogen-bond donors (Lipinski definition) is 2. The molecule has 0 saturated carbocycles. The molecular formula is C60H60N4O24S5. The maximum absolute atomic E-state index is 11.6. The second-order valence-corrected chi connectivity index (χ2v) is 23.1. The highest BCUT2D eigenvalue weighted by molar-refractivity contribution is 7.22. The third kappa shape index (κ3) is 15.2. The number of nitrogen functional groups attached to an aromatic ring is 2. The molecule has 0 atom stereocenters. The van der Waals surface area contributed by atoms with Crippen LogP contribution in [0.5, 0.6) is 57.5 Å². The zero-order valence-corrected chi connectivity index (χ0v) is 56.3. The minimum atomic E-state index is -0.559. The van der Waals surface area contributed by atoms with E-state index in [1.165, 1.54) is 130 Å². The van der Waals surface area contributed by atoms with Gasteiger partial charge in [-0.25, -0.2) is 24.0 Å². The minimum Gasteiger partial charge on any atom is -0.496 e. The molecular weight excluding hydrogens is 1320 g/mol. The lowest BCUT2D eigenvalue weighted by Gasteiger charge is -2.08. The van der Waals surface area contributed by atoms with Crippen LogP contribution in [0, 0.1) is 20.2 Å². The maximum Gasteiger partial charge on any atom is 0.348 e. The number of fused-ring (bicyclic) bond motifs is 5. The van der Waals surface area contributed by atoms with Crippen LogP contribution < -0.4 is 58.8 Å². The van der Waals surface area contributed by atoms with Gasteiger partial charge in [-0.2, -0.15) is 0 Å². The Morgan fingerprint density at radius 3 is 0.946 bits per heavy atom. The first-order chi connectivity index (χ1) is 44.5. The Bertz CT molecular complexity index is 4180. The molecule has 5 aromatic carbocycles. The van der Waals surface area contributed by atoms with E-state index < -0.39 is 21.8 Å². The summed E-state index contributed by atoms with van der Waals surface area (Å²) in [7, 11) is 21.4. The highest BCUT2D eigenvalue weighted by Gasteiger charge is 2.28. The number of nitro groups is 2. The van der Waals surface area contributed by atoms with E-state index in [1.807, 2.05) is 12.1 Å². The average molecular weight is 1380 g/mol. The van der Waals surface area contributed by atoms with E-state index in [1.54, 1.807) is 64.8 Å². The van der Waals surface area contributed by atoms with Crippen molar-refractivity contribution >= 4 is 160 Å². The molecule has 4 N–H and O–H groups in total. The lowest BCUT2D eigenvalue weighted by Crippen LogP contribution is -1.97. The van der Waals surface area contributed by atoms with Crippen molar-refractivity contribution in [1.29, 1.82) is 0 Å². The molecule has 5 aromatic heterocycles. The molecule has 0 saturated heterocycles. The summed E-state index contributed by atoms with van der Waals surface area (Å²) in [4.78, 5) is 80.9. The Balaban J connectivity index is 0.000000185. The zero-order chi connectivity index (χ0) is 68.7. The third-order valence-corrected chi connectivity index (χ3v) is 18.6. The van der Waals surface area contributed by atoms with Crippen molar-refractivity contribution in [3.63, 3.8) is 0 Å². The summed E-state index contributed by atoms with van der Waals surface area (Å²) in [5.74, 6) is 2.40. The van der Waals surface area contributed by atoms with Gasteiger partial charge in [-0.3, -0.25) is 20.2 Å². The topological polar surface area (TPSA) is 362 Å². The highest BCUT2D eigenvalue weighted by atomic mass is 32.1. The van der Waals surface area contributed by atoms with Gasteiger partial charge in [0.2, 0.25) is 11.5 Å². The molecule has 0 fully saturated rings. The summed E-state index contributed by atoms with van der Waals surface area (Å²) >= 11 is 6.07. The summed E-state index contributed by atoms with van der Waals surface area (Å²) in [6.45, 7) is 0. The highest BCUT2D eigenvalue weighted by Crippen LogP contribution is 2.49. The molecule has 10 aromatic rings. The first-order valence-corrected chi connectivity index (χ1v) is 30.2. The fourth-order valence-corrected chi connectivity index (χ4v) is 14.2. The number of esters is 5. The van der Waals surface area contributed by atoms with E-state index in [4.69, 9.17) is 73.0 Å². The van der Waals surface area contributed by atoms with E-state index in [0.717, 1.165) is 58.7 Å². The molecule has 0 radical (unpaired) electrons. The predicted molar refractivity (Wildman–Crippen MR) is 353 cm³/mol. The van der Waals surface area contributed by atoms with Gasteiger partial charge in [0.25, 0.3) is 0 Å². The molecule has 5 heterocycles. The number of nitrogens with zero attached hydrogens (tertiary/aromatic N) is 2. The molecule has 10 rings (SSSR count). The van der Waals surface area contributed by atoms with Crippen LogP contribution in [-0.2, 0) is 23.7 Å². The van der Waals surface area contributed by atoms with Crippen molar-refractivity contribution in [2.75, 3.05) is 118 Å². The Kier molecular flexibility index (Phi) is 24.7. The van der Waals surface area contributed by atoms with Gasteiger partial charge in [0.05, 0.1) is 164 Å². The summed E-state index contributed by atoms with van der Waals surface area (Å²) < 4.78 is 79.0. The van der Waals surface area contributed by atoms with Crippen LogP contribution in [0.25, 0.3) is 50.4 Å². The van der Waals surface area contributed by atoms with E-state index in [9.17, 15) is 44.2 Å². The molecule has 0 aliphatic carbocycles. The lowest BCUT2D eigenvalue weighted by molar-refractivity contribution is -0.385. The number of ether oxygens (including phenoxy) is 15. The second-order valence-electron chi connectivity index (χ2n) is 17.9. The standard InChI is InChI=1S/2C12H11NO6S.2C12H13NO4S.C12H12O4S/c1-17-8-5-7(13(15)16)10(18-2)6-4-9(12(14)19-3)20-11(6)8;1-17-8-5-7(13(15)16)10(18-2)11-6(8)4-9(20-11)12(14)19-3;1-15-8-5-7(13)10(16-2)6-4-9(12(14)17-3)18-11(6)8;1-15-8-5-7(13)10(16-2)11-6(8)4-9(18-11)12(14)17-3;1-14-8-4-5-9(15-2)11-7(8)6-10(17-11)12(13)16-3/h2*4-5H,1-3H3;2*4-5H,13H2,1-3H3;4-6H,1-3H3. The van der Waals surface area contributed by atoms with Gasteiger partial charge in [0.15, 0.2) is 11.5 Å². The summed E-state index contributed by atoms with van der Waals surface area (Å²) in [6.07, 6.45) is 0. The molecule has 0 amide bonds. The average Bonchev–Trinajstić information content (AvgIpc) is 1.72. The number of benzene rings is 5. The van der Waals surface area contributed by atoms with Crippen molar-refractivity contribution in [1.82, 2.24) is 0 Å². The minimum absolute atomic E-state index is 0.0946. The smallest absolute Gasteiger partial charge is 0.348 e. The van der Waals surface area contributed by atoms with Gasteiger partial charge in [0.1, 0.15) is 58.9 Å². The van der Waals surface area contributed by atoms with E-state index >= 15 is 0 Å². The molecule has 0 aliphatic heterocycles. The number of carbonyl (C=O) groups excluding carboxylic acids is 5. The number of nitrogens with two attached hydrogens (primary N) is 2. The monoisotopic (exact) mass is 1380 g/mol. The predicted octanol–water partition coefficient (Wildman–Crippen LogP) is 12.5. The van der Waals surface area contributed by atoms with Crippen LogP contribution in [0.4, 0.5) is 22.7 Å². The normalized spacial score (nSPS) is 10.4. The molecule has 0 unspecified atom stereocenters. The number of methoxy groups -OCH3 is 15. The Morgan fingerprint density at radius 1 is 0.312 bits per heavy atom. The van der Waals surface area contributed by atoms with Crippen LogP contribution in [0.1, 0.15) is 48.4 Å². The Hall–Kier alpha value is -10.4. The lowest BCUT2D eigenvalue weighted by atomic mass is 10.2. The largest absolute Gasteiger partial charge is 0.496 e. The van der Waals surface area contributed by atoms with Crippen LogP contribution in [-0.4, -0.2) is 146 Å². The van der Waals surface area contributed by atoms with E-state index in [-0.39, 0.29) is 40.8 Å². The molecule has 33 heteroatoms. The summed E-state index contributed by atoms with van der Waals surface area (Å²) in [5.41, 5.74) is 12.3. The van der Waals surface area contributed by atoms with Crippen LogP contribution in [0.3, 0.4) is 0 Å². The molecule has 28 nitrogen and oxygen atoms in total. The van der Waals surface area contributed by atoms with Crippen molar-refractivity contribution in [3.8, 4) is 57.5 Å². The first-order valence-electron chi connectivity index (χ1n) is 26.1. The summed E-state index contributed by atoms with van der Waals surface area (Å²) in [6, 6.07) is 17.8. The van der Waals surface area contributed by atoms with Crippen molar-refractivity contribution in [2.45, 2.75) is 0 Å². The third-order valence-electron chi connectivity index (χ3n) is 13.0. The molecule has 0 spiro atoms. The van der Waals surface area contributed by atoms with Gasteiger partial charge in [0, 0.05) is 39.1 Å². The van der Waals surface area contributed by atoms with Crippen LogP contribution in [0.15, 0.2) is 66.7 Å². The Labute approximate surface area is 548 Å². The van der Waals surface area contributed by atoms with E-state index in [2.05, 4.69) is 9.47 Å². The van der Waals surface area contributed by atoms with Gasteiger partial charge in [-0.1, -0.05) is 0 Å². The van der Waals surface area contributed by atoms with Crippen LogP contribution in [0.2, 0.25) is 0 Å². The number of nitro benzene ring substituents is 2. The SMILES string of the molecule is COC(=O)c1cc2c(OC)c(N)cc(OC)c2s1.COC(=O)c1cc2c(OC)c([N+](=O)[O-])cc(OC)c2s1.COC(=O)c1cc2c(OC)cc(N)c(OC)c2s1.COC(=O)c1cc2c(OC)cc([N+](=O)[O-])c(OC)c2s1.COC(=O)c1cc2c(OC)ccc(OC)c2s1. The molecule has 0 aliphatic rings. The maximum atomic E-state index is 11.6. The van der Waals surface area contributed by atoms with Crippen molar-refractivity contribution < 1.29 is 105 Å². The number of thiophene rings is 5. The zero-order valence-electron chi connectivity index (χ0n) is 52.2. The second kappa shape index (κ2) is 32.1. The molecule has 0 bridgehead atoms.